The van der Waals surface area contributed by atoms with E-state index in [1.165, 1.54) is 12.2 Å². The van der Waals surface area contributed by atoms with Crippen molar-refractivity contribution in [3.05, 3.63) is 71.8 Å². The van der Waals surface area contributed by atoms with E-state index in [0.717, 1.165) is 22.3 Å². The maximum Gasteiger partial charge on any atom is 0.331 e. The van der Waals surface area contributed by atoms with Crippen molar-refractivity contribution >= 4 is 23.1 Å². The summed E-state index contributed by atoms with van der Waals surface area (Å²) in [7, 11) is 0. The van der Waals surface area contributed by atoms with Crippen molar-refractivity contribution in [2.75, 3.05) is 13.2 Å². The van der Waals surface area contributed by atoms with Crippen LogP contribution in [-0.2, 0) is 19.1 Å². The number of rotatable bonds is 8. The molecule has 0 fully saturated rings. The van der Waals surface area contributed by atoms with Crippen molar-refractivity contribution in [1.82, 2.24) is 0 Å². The lowest BCUT2D eigenvalue weighted by Crippen LogP contribution is -2.00. The molecule has 0 radical (unpaired) electrons. The summed E-state index contributed by atoms with van der Waals surface area (Å²) in [5.74, 6) is 0.670. The van der Waals surface area contributed by atoms with E-state index in [0.29, 0.717) is 24.7 Å². The lowest BCUT2D eigenvalue weighted by atomic mass is 10.1. The third-order valence-electron chi connectivity index (χ3n) is 4.10. The first kappa shape index (κ1) is 22.0. The van der Waals surface area contributed by atoms with E-state index in [4.69, 9.17) is 14.2 Å². The van der Waals surface area contributed by atoms with Crippen LogP contribution in [0.4, 0.5) is 0 Å². The van der Waals surface area contributed by atoms with Gasteiger partial charge in [-0.25, -0.2) is 9.59 Å². The molecule has 0 spiro atoms. The first-order valence-electron chi connectivity index (χ1n) is 9.51. The molecule has 5 nitrogen and oxygen atoms in total. The topological polar surface area (TPSA) is 61.8 Å². The van der Waals surface area contributed by atoms with Gasteiger partial charge in [0.05, 0.1) is 13.2 Å². The molecule has 0 aliphatic rings. The molecular formula is C24H26O5. The third-order valence-corrected chi connectivity index (χ3v) is 4.10. The van der Waals surface area contributed by atoms with Gasteiger partial charge in [0.1, 0.15) is 11.5 Å². The molecule has 5 heteroatoms. The molecule has 0 bridgehead atoms. The van der Waals surface area contributed by atoms with Gasteiger partial charge in [-0.2, -0.15) is 0 Å². The Balaban J connectivity index is 2.03. The molecule has 2 aromatic carbocycles. The summed E-state index contributed by atoms with van der Waals surface area (Å²) in [5, 5.41) is 0. The van der Waals surface area contributed by atoms with Gasteiger partial charge in [0, 0.05) is 12.2 Å². The van der Waals surface area contributed by atoms with Crippen molar-refractivity contribution in [1.29, 1.82) is 0 Å². The minimum absolute atomic E-state index is 0.349. The van der Waals surface area contributed by atoms with Crippen LogP contribution in [0.25, 0.3) is 11.1 Å². The first-order chi connectivity index (χ1) is 13.9. The number of benzene rings is 2. The summed E-state index contributed by atoms with van der Waals surface area (Å²) in [4.78, 5) is 23.1. The highest BCUT2D eigenvalue weighted by Crippen LogP contribution is 2.25. The molecule has 152 valence electrons. The van der Waals surface area contributed by atoms with Gasteiger partial charge in [-0.3, -0.25) is 0 Å². The quantitative estimate of drug-likeness (QED) is 0.442. The van der Waals surface area contributed by atoms with E-state index in [9.17, 15) is 9.59 Å². The monoisotopic (exact) mass is 394 g/mol. The van der Waals surface area contributed by atoms with Crippen LogP contribution in [0, 0.1) is 0 Å². The Kier molecular flexibility index (Phi) is 8.22. The van der Waals surface area contributed by atoms with Gasteiger partial charge in [-0.05, 0) is 74.2 Å². The number of esters is 2. The van der Waals surface area contributed by atoms with Crippen LogP contribution in [0.5, 0.6) is 11.5 Å². The van der Waals surface area contributed by atoms with Crippen LogP contribution in [0.15, 0.2) is 60.7 Å². The van der Waals surface area contributed by atoms with E-state index in [2.05, 4.69) is 0 Å². The second-order valence-electron chi connectivity index (χ2n) is 6.31. The van der Waals surface area contributed by atoms with Crippen molar-refractivity contribution in [2.45, 2.75) is 27.7 Å². The molecule has 0 amide bonds. The zero-order valence-electron chi connectivity index (χ0n) is 17.2. The zero-order chi connectivity index (χ0) is 21.2. The van der Waals surface area contributed by atoms with Crippen LogP contribution in [0.1, 0.15) is 38.8 Å². The molecule has 0 unspecified atom stereocenters. The summed E-state index contributed by atoms with van der Waals surface area (Å²) in [5.41, 5.74) is 3.48. The average molecular weight is 394 g/mol. The molecule has 0 aromatic heterocycles. The Labute approximate surface area is 171 Å². The molecule has 29 heavy (non-hydrogen) atoms. The fraction of sp³-hybridized carbons (Fsp3) is 0.250. The first-order valence-corrected chi connectivity index (χ1v) is 9.51. The Morgan fingerprint density at radius 3 is 1.34 bits per heavy atom. The predicted molar refractivity (Wildman–Crippen MR) is 114 cm³/mol. The predicted octanol–water partition coefficient (Wildman–Crippen LogP) is 5.41. The molecular weight excluding hydrogens is 368 g/mol. The van der Waals surface area contributed by atoms with Gasteiger partial charge < -0.3 is 14.2 Å². The molecule has 0 N–H and O–H groups in total. The van der Waals surface area contributed by atoms with Crippen molar-refractivity contribution < 1.29 is 23.8 Å². The highest BCUT2D eigenvalue weighted by Gasteiger charge is 2.04. The molecule has 0 aliphatic heterocycles. The Morgan fingerprint density at radius 1 is 0.690 bits per heavy atom. The van der Waals surface area contributed by atoms with E-state index in [1.807, 2.05) is 62.4 Å². The zero-order valence-corrected chi connectivity index (χ0v) is 17.2. The SMILES string of the molecule is CCOC(=O)/C=C(/C)c1ccc(Oc2ccc(/C(C)=C/C(=O)OCC)cc2)cc1. The standard InChI is InChI=1S/C24H26O5/c1-5-27-23(25)15-17(3)19-7-11-21(12-8-19)29-22-13-9-20(10-14-22)18(4)16-24(26)28-6-2/h7-16H,5-6H2,1-4H3/b17-15-,18-16+. The van der Waals surface area contributed by atoms with Crippen molar-refractivity contribution in [3.8, 4) is 11.5 Å². The number of hydrogen-bond donors (Lipinski definition) is 0. The number of allylic oxidation sites excluding steroid dienone is 2. The van der Waals surface area contributed by atoms with Gasteiger partial charge in [-0.1, -0.05) is 24.3 Å². The fourth-order valence-corrected chi connectivity index (χ4v) is 2.60. The van der Waals surface area contributed by atoms with E-state index in [-0.39, 0.29) is 11.9 Å². The largest absolute Gasteiger partial charge is 0.463 e. The highest BCUT2D eigenvalue weighted by molar-refractivity contribution is 5.91. The summed E-state index contributed by atoms with van der Waals surface area (Å²) >= 11 is 0. The number of hydrogen-bond acceptors (Lipinski definition) is 5. The van der Waals surface area contributed by atoms with Crippen LogP contribution in [-0.4, -0.2) is 25.2 Å². The van der Waals surface area contributed by atoms with Crippen molar-refractivity contribution in [2.24, 2.45) is 0 Å². The number of ether oxygens (including phenoxy) is 3. The van der Waals surface area contributed by atoms with Gasteiger partial charge in [-0.15, -0.1) is 0 Å². The Morgan fingerprint density at radius 2 is 1.03 bits per heavy atom. The second kappa shape index (κ2) is 10.9. The van der Waals surface area contributed by atoms with Gasteiger partial charge in [0.2, 0.25) is 0 Å². The van der Waals surface area contributed by atoms with Gasteiger partial charge >= 0.3 is 11.9 Å². The van der Waals surface area contributed by atoms with Crippen LogP contribution < -0.4 is 4.74 Å². The lowest BCUT2D eigenvalue weighted by molar-refractivity contribution is -0.138. The lowest BCUT2D eigenvalue weighted by Gasteiger charge is -2.09. The van der Waals surface area contributed by atoms with Gasteiger partial charge in [0.25, 0.3) is 0 Å². The second-order valence-corrected chi connectivity index (χ2v) is 6.31. The van der Waals surface area contributed by atoms with Crippen LogP contribution >= 0.6 is 0 Å². The molecule has 0 saturated carbocycles. The molecule has 2 aromatic rings. The minimum atomic E-state index is -0.349. The number of carbonyl (C=O) groups excluding carboxylic acids is 2. The fourth-order valence-electron chi connectivity index (χ4n) is 2.60. The van der Waals surface area contributed by atoms with Crippen molar-refractivity contribution in [3.63, 3.8) is 0 Å². The molecule has 0 saturated heterocycles. The Bertz CT molecular complexity index is 814. The molecule has 0 atom stereocenters. The van der Waals surface area contributed by atoms with Gasteiger partial charge in [0.15, 0.2) is 0 Å². The molecule has 0 aliphatic carbocycles. The summed E-state index contributed by atoms with van der Waals surface area (Å²) < 4.78 is 15.7. The normalized spacial score (nSPS) is 11.7. The maximum absolute atomic E-state index is 11.5. The Hall–Kier alpha value is -3.34. The van der Waals surface area contributed by atoms with E-state index in [1.54, 1.807) is 13.8 Å². The van der Waals surface area contributed by atoms with E-state index < -0.39 is 0 Å². The molecule has 2 rings (SSSR count). The van der Waals surface area contributed by atoms with Crippen LogP contribution in [0.3, 0.4) is 0 Å². The summed E-state index contributed by atoms with van der Waals surface area (Å²) in [6.07, 6.45) is 2.95. The minimum Gasteiger partial charge on any atom is -0.463 e. The average Bonchev–Trinajstić information content (AvgIpc) is 2.69. The number of carbonyl (C=O) groups is 2. The van der Waals surface area contributed by atoms with Crippen LogP contribution in [0.2, 0.25) is 0 Å². The molecule has 0 heterocycles. The summed E-state index contributed by atoms with van der Waals surface area (Å²) in [6, 6.07) is 14.9. The highest BCUT2D eigenvalue weighted by atomic mass is 16.5. The smallest absolute Gasteiger partial charge is 0.331 e. The third kappa shape index (κ3) is 6.96. The maximum atomic E-state index is 11.5. The van der Waals surface area contributed by atoms with E-state index >= 15 is 0 Å². The summed E-state index contributed by atoms with van der Waals surface area (Å²) in [6.45, 7) is 7.98.